The van der Waals surface area contributed by atoms with Crippen LogP contribution in [-0.2, 0) is 6.54 Å². The van der Waals surface area contributed by atoms with Crippen LogP contribution in [0.15, 0.2) is 48.5 Å². The van der Waals surface area contributed by atoms with Gasteiger partial charge in [-0.1, -0.05) is 35.9 Å². The molecule has 0 aromatic heterocycles. The smallest absolute Gasteiger partial charge is 0.254 e. The van der Waals surface area contributed by atoms with Crippen LogP contribution in [0, 0.1) is 0 Å². The summed E-state index contributed by atoms with van der Waals surface area (Å²) < 4.78 is 0. The lowest BCUT2D eigenvalue weighted by atomic mass is 10.1. The number of hydrogen-bond acceptors (Lipinski definition) is 2. The fraction of sp³-hybridized carbons (Fsp3) is 0.133. The van der Waals surface area contributed by atoms with Crippen molar-refractivity contribution in [3.8, 4) is 5.75 Å². The zero-order chi connectivity index (χ0) is 13.8. The Morgan fingerprint density at radius 1 is 1.21 bits per heavy atom. The SMILES string of the molecule is CN(Cc1ccccc1Cl)C(=O)c1cccc(O)c1. The molecule has 19 heavy (non-hydrogen) atoms. The Morgan fingerprint density at radius 2 is 1.95 bits per heavy atom. The predicted molar refractivity (Wildman–Crippen MR) is 75.4 cm³/mol. The summed E-state index contributed by atoms with van der Waals surface area (Å²) in [6.07, 6.45) is 0. The number of carbonyl (C=O) groups is 1. The number of amides is 1. The molecule has 0 aliphatic heterocycles. The second kappa shape index (κ2) is 5.76. The number of nitrogens with zero attached hydrogens (tertiary/aromatic N) is 1. The van der Waals surface area contributed by atoms with E-state index in [1.54, 1.807) is 30.1 Å². The zero-order valence-electron chi connectivity index (χ0n) is 10.5. The summed E-state index contributed by atoms with van der Waals surface area (Å²) in [4.78, 5) is 13.7. The van der Waals surface area contributed by atoms with Crippen molar-refractivity contribution in [1.82, 2.24) is 4.90 Å². The number of carbonyl (C=O) groups excluding carboxylic acids is 1. The summed E-state index contributed by atoms with van der Waals surface area (Å²) in [5, 5.41) is 10.0. The summed E-state index contributed by atoms with van der Waals surface area (Å²) in [5.74, 6) is -0.0761. The van der Waals surface area contributed by atoms with E-state index in [-0.39, 0.29) is 11.7 Å². The molecular weight excluding hydrogens is 262 g/mol. The molecular formula is C15H14ClNO2. The lowest BCUT2D eigenvalue weighted by Crippen LogP contribution is -2.26. The Hall–Kier alpha value is -2.00. The van der Waals surface area contributed by atoms with E-state index < -0.39 is 0 Å². The minimum absolute atomic E-state index is 0.0805. The molecule has 0 spiro atoms. The average Bonchev–Trinajstić information content (AvgIpc) is 2.40. The van der Waals surface area contributed by atoms with Crippen molar-refractivity contribution < 1.29 is 9.90 Å². The van der Waals surface area contributed by atoms with Gasteiger partial charge in [-0.3, -0.25) is 4.79 Å². The van der Waals surface area contributed by atoms with Gasteiger partial charge in [0, 0.05) is 24.2 Å². The first-order valence-corrected chi connectivity index (χ1v) is 6.23. The molecule has 2 aromatic rings. The van der Waals surface area contributed by atoms with Gasteiger partial charge >= 0.3 is 0 Å². The van der Waals surface area contributed by atoms with Gasteiger partial charge in [0.25, 0.3) is 5.91 Å². The molecule has 0 bridgehead atoms. The highest BCUT2D eigenvalue weighted by Crippen LogP contribution is 2.18. The quantitative estimate of drug-likeness (QED) is 0.933. The van der Waals surface area contributed by atoms with Gasteiger partial charge in [0.15, 0.2) is 0 Å². The minimum atomic E-state index is -0.157. The molecule has 0 aliphatic carbocycles. The van der Waals surface area contributed by atoms with E-state index in [4.69, 9.17) is 11.6 Å². The number of benzene rings is 2. The summed E-state index contributed by atoms with van der Waals surface area (Å²) in [6, 6.07) is 13.7. The van der Waals surface area contributed by atoms with Crippen LogP contribution in [0.1, 0.15) is 15.9 Å². The molecule has 1 N–H and O–H groups in total. The minimum Gasteiger partial charge on any atom is -0.508 e. The number of phenolic OH excluding ortho intramolecular Hbond substituents is 1. The fourth-order valence-electron chi connectivity index (χ4n) is 1.81. The van der Waals surface area contributed by atoms with Gasteiger partial charge in [0.05, 0.1) is 0 Å². The number of halogens is 1. The van der Waals surface area contributed by atoms with Crippen molar-refractivity contribution in [1.29, 1.82) is 0 Å². The molecule has 98 valence electrons. The highest BCUT2D eigenvalue weighted by molar-refractivity contribution is 6.31. The van der Waals surface area contributed by atoms with Crippen molar-refractivity contribution >= 4 is 17.5 Å². The first kappa shape index (κ1) is 13.4. The maximum Gasteiger partial charge on any atom is 0.254 e. The molecule has 0 atom stereocenters. The third-order valence-corrected chi connectivity index (χ3v) is 3.17. The van der Waals surface area contributed by atoms with Gasteiger partial charge < -0.3 is 10.0 Å². The van der Waals surface area contributed by atoms with Crippen LogP contribution in [-0.4, -0.2) is 23.0 Å². The first-order valence-electron chi connectivity index (χ1n) is 5.86. The van der Waals surface area contributed by atoms with Crippen LogP contribution in [0.2, 0.25) is 5.02 Å². The fourth-order valence-corrected chi connectivity index (χ4v) is 2.01. The first-order chi connectivity index (χ1) is 9.08. The monoisotopic (exact) mass is 275 g/mol. The van der Waals surface area contributed by atoms with E-state index in [0.717, 1.165) is 5.56 Å². The largest absolute Gasteiger partial charge is 0.508 e. The zero-order valence-corrected chi connectivity index (χ0v) is 11.3. The maximum absolute atomic E-state index is 12.2. The van der Waals surface area contributed by atoms with Gasteiger partial charge in [0.2, 0.25) is 0 Å². The lowest BCUT2D eigenvalue weighted by molar-refractivity contribution is 0.0785. The van der Waals surface area contributed by atoms with Crippen LogP contribution in [0.3, 0.4) is 0 Å². The Labute approximate surface area is 117 Å². The van der Waals surface area contributed by atoms with E-state index >= 15 is 0 Å². The van der Waals surface area contributed by atoms with Crippen molar-refractivity contribution in [2.24, 2.45) is 0 Å². The molecule has 1 amide bonds. The summed E-state index contributed by atoms with van der Waals surface area (Å²) in [6.45, 7) is 0.425. The van der Waals surface area contributed by atoms with Crippen molar-refractivity contribution in [3.63, 3.8) is 0 Å². The third kappa shape index (κ3) is 3.26. The predicted octanol–water partition coefficient (Wildman–Crippen LogP) is 3.32. The number of aromatic hydroxyl groups is 1. The molecule has 3 nitrogen and oxygen atoms in total. The van der Waals surface area contributed by atoms with Gasteiger partial charge in [0.1, 0.15) is 5.75 Å². The van der Waals surface area contributed by atoms with Crippen LogP contribution in [0.4, 0.5) is 0 Å². The molecule has 4 heteroatoms. The Balaban J connectivity index is 2.14. The highest BCUT2D eigenvalue weighted by atomic mass is 35.5. The molecule has 0 aliphatic rings. The normalized spacial score (nSPS) is 10.2. The van der Waals surface area contributed by atoms with Gasteiger partial charge in [-0.2, -0.15) is 0 Å². The number of rotatable bonds is 3. The standard InChI is InChI=1S/C15H14ClNO2/c1-17(10-12-5-2-3-8-14(12)16)15(19)11-6-4-7-13(18)9-11/h2-9,18H,10H2,1H3. The van der Waals surface area contributed by atoms with E-state index in [0.29, 0.717) is 17.1 Å². The molecule has 2 aromatic carbocycles. The van der Waals surface area contributed by atoms with Crippen LogP contribution in [0.5, 0.6) is 5.75 Å². The maximum atomic E-state index is 12.2. The van der Waals surface area contributed by atoms with Crippen molar-refractivity contribution in [3.05, 3.63) is 64.7 Å². The van der Waals surface area contributed by atoms with E-state index in [2.05, 4.69) is 0 Å². The number of phenols is 1. The topological polar surface area (TPSA) is 40.5 Å². The number of hydrogen-bond donors (Lipinski definition) is 1. The summed E-state index contributed by atoms with van der Waals surface area (Å²) in [7, 11) is 1.70. The Bertz CT molecular complexity index is 598. The molecule has 0 saturated carbocycles. The summed E-state index contributed by atoms with van der Waals surface area (Å²) in [5.41, 5.74) is 1.34. The Morgan fingerprint density at radius 3 is 2.63 bits per heavy atom. The molecule has 0 unspecified atom stereocenters. The molecule has 2 rings (SSSR count). The van der Waals surface area contributed by atoms with Gasteiger partial charge in [-0.15, -0.1) is 0 Å². The van der Waals surface area contributed by atoms with E-state index in [1.165, 1.54) is 12.1 Å². The molecule has 0 heterocycles. The lowest BCUT2D eigenvalue weighted by Gasteiger charge is -2.18. The third-order valence-electron chi connectivity index (χ3n) is 2.81. The molecule has 0 fully saturated rings. The molecule has 0 saturated heterocycles. The second-order valence-corrected chi connectivity index (χ2v) is 4.71. The Kier molecular flexibility index (Phi) is 4.07. The van der Waals surface area contributed by atoms with Crippen molar-refractivity contribution in [2.45, 2.75) is 6.54 Å². The second-order valence-electron chi connectivity index (χ2n) is 4.30. The average molecular weight is 276 g/mol. The van der Waals surface area contributed by atoms with Crippen LogP contribution < -0.4 is 0 Å². The van der Waals surface area contributed by atoms with Gasteiger partial charge in [-0.05, 0) is 29.8 Å². The van der Waals surface area contributed by atoms with E-state index in [9.17, 15) is 9.90 Å². The highest BCUT2D eigenvalue weighted by Gasteiger charge is 2.13. The van der Waals surface area contributed by atoms with Crippen LogP contribution >= 0.6 is 11.6 Å². The molecule has 0 radical (unpaired) electrons. The van der Waals surface area contributed by atoms with Gasteiger partial charge in [-0.25, -0.2) is 0 Å². The van der Waals surface area contributed by atoms with Crippen LogP contribution in [0.25, 0.3) is 0 Å². The van der Waals surface area contributed by atoms with Crippen molar-refractivity contribution in [2.75, 3.05) is 7.05 Å². The van der Waals surface area contributed by atoms with E-state index in [1.807, 2.05) is 18.2 Å². The summed E-state index contributed by atoms with van der Waals surface area (Å²) >= 11 is 6.07.